The average molecular weight is 320 g/mol. The van der Waals surface area contributed by atoms with Crippen molar-refractivity contribution in [2.45, 2.75) is 39.3 Å². The minimum absolute atomic E-state index is 0.114. The van der Waals surface area contributed by atoms with Crippen LogP contribution in [0.5, 0.6) is 0 Å². The molecule has 6 nitrogen and oxygen atoms in total. The Labute approximate surface area is 136 Å². The lowest BCUT2D eigenvalue weighted by Gasteiger charge is -2.23. The van der Waals surface area contributed by atoms with Crippen molar-refractivity contribution >= 4 is 17.7 Å². The first-order valence-electron chi connectivity index (χ1n) is 7.86. The van der Waals surface area contributed by atoms with Crippen LogP contribution in [-0.2, 0) is 9.53 Å². The van der Waals surface area contributed by atoms with Gasteiger partial charge in [0.2, 0.25) is 5.91 Å². The Morgan fingerprint density at radius 2 is 2.09 bits per heavy atom. The van der Waals surface area contributed by atoms with Crippen molar-refractivity contribution in [3.8, 4) is 0 Å². The molecule has 2 rings (SSSR count). The minimum atomic E-state index is -0.718. The van der Waals surface area contributed by atoms with Crippen LogP contribution < -0.4 is 5.32 Å². The van der Waals surface area contributed by atoms with Crippen LogP contribution in [0.1, 0.15) is 25.8 Å². The maximum absolute atomic E-state index is 12.5. The van der Waals surface area contributed by atoms with Crippen molar-refractivity contribution in [1.29, 1.82) is 0 Å². The van der Waals surface area contributed by atoms with Crippen LogP contribution in [-0.4, -0.2) is 47.3 Å². The van der Waals surface area contributed by atoms with Gasteiger partial charge in [-0.05, 0) is 24.5 Å². The number of aryl methyl sites for hydroxylation is 1. The lowest BCUT2D eigenvalue weighted by Crippen LogP contribution is -2.43. The molecule has 1 aromatic rings. The number of anilines is 1. The molecule has 2 N–H and O–H groups in total. The molecule has 0 bridgehead atoms. The maximum Gasteiger partial charge on any atom is 0.410 e. The van der Waals surface area contributed by atoms with Crippen molar-refractivity contribution in [3.63, 3.8) is 0 Å². The summed E-state index contributed by atoms with van der Waals surface area (Å²) in [5, 5.41) is 12.7. The van der Waals surface area contributed by atoms with Crippen molar-refractivity contribution in [1.82, 2.24) is 4.90 Å². The van der Waals surface area contributed by atoms with Gasteiger partial charge in [-0.25, -0.2) is 4.79 Å². The van der Waals surface area contributed by atoms with Crippen molar-refractivity contribution in [3.05, 3.63) is 29.8 Å². The maximum atomic E-state index is 12.5. The number of aliphatic hydroxyl groups excluding tert-OH is 1. The standard InChI is InChI=1S/C17H24N2O4/c1-11(2)10-23-17(22)19-9-13(20)8-15(19)16(21)18-14-7-5-4-6-12(14)3/h4-7,11,13,15,20H,8-10H2,1-3H3,(H,18,21)/t13-,15+/m0/s1. The summed E-state index contributed by atoms with van der Waals surface area (Å²) in [6.45, 7) is 6.18. The van der Waals surface area contributed by atoms with Crippen LogP contribution >= 0.6 is 0 Å². The average Bonchev–Trinajstić information content (AvgIpc) is 2.89. The number of carbonyl (C=O) groups excluding carboxylic acids is 2. The van der Waals surface area contributed by atoms with Crippen LogP contribution in [0.2, 0.25) is 0 Å². The van der Waals surface area contributed by atoms with Gasteiger partial charge in [0, 0.05) is 12.1 Å². The monoisotopic (exact) mass is 320 g/mol. The molecule has 1 aromatic carbocycles. The van der Waals surface area contributed by atoms with E-state index in [1.54, 1.807) is 6.07 Å². The predicted molar refractivity (Wildman–Crippen MR) is 87.1 cm³/mol. The van der Waals surface area contributed by atoms with E-state index in [4.69, 9.17) is 4.74 Å². The third-order valence-corrected chi connectivity index (χ3v) is 3.76. The SMILES string of the molecule is Cc1ccccc1NC(=O)[C@H]1C[C@H](O)CN1C(=O)OCC(C)C. The zero-order valence-electron chi connectivity index (χ0n) is 13.8. The molecule has 126 valence electrons. The number of amides is 2. The van der Waals surface area contributed by atoms with Gasteiger partial charge < -0.3 is 15.2 Å². The van der Waals surface area contributed by atoms with Gasteiger partial charge in [-0.15, -0.1) is 0 Å². The van der Waals surface area contributed by atoms with Crippen molar-refractivity contribution in [2.24, 2.45) is 5.92 Å². The summed E-state index contributed by atoms with van der Waals surface area (Å²) in [6, 6.07) is 6.71. The first kappa shape index (κ1) is 17.3. The van der Waals surface area contributed by atoms with E-state index in [-0.39, 0.29) is 31.4 Å². The fraction of sp³-hybridized carbons (Fsp3) is 0.529. The lowest BCUT2D eigenvalue weighted by molar-refractivity contribution is -0.120. The Bertz CT molecular complexity index is 573. The number of rotatable bonds is 4. The van der Waals surface area contributed by atoms with Gasteiger partial charge in [0.25, 0.3) is 0 Å². The summed E-state index contributed by atoms with van der Waals surface area (Å²) in [7, 11) is 0. The van der Waals surface area contributed by atoms with E-state index < -0.39 is 18.2 Å². The van der Waals surface area contributed by atoms with Gasteiger partial charge in [-0.2, -0.15) is 0 Å². The molecule has 1 aliphatic heterocycles. The molecular weight excluding hydrogens is 296 g/mol. The van der Waals surface area contributed by atoms with E-state index in [1.807, 2.05) is 39.0 Å². The molecule has 1 saturated heterocycles. The minimum Gasteiger partial charge on any atom is -0.449 e. The van der Waals surface area contributed by atoms with Gasteiger partial charge in [0.1, 0.15) is 6.04 Å². The van der Waals surface area contributed by atoms with E-state index in [0.717, 1.165) is 5.56 Å². The van der Waals surface area contributed by atoms with Crippen LogP contribution in [0.25, 0.3) is 0 Å². The Morgan fingerprint density at radius 1 is 1.39 bits per heavy atom. The zero-order chi connectivity index (χ0) is 17.0. The summed E-state index contributed by atoms with van der Waals surface area (Å²) in [5.74, 6) is -0.0944. The Kier molecular flexibility index (Phi) is 5.60. The normalized spacial score (nSPS) is 20.7. The number of carbonyl (C=O) groups is 2. The number of benzene rings is 1. The molecular formula is C17H24N2O4. The summed E-state index contributed by atoms with van der Waals surface area (Å²) < 4.78 is 5.19. The molecule has 23 heavy (non-hydrogen) atoms. The number of hydrogen-bond donors (Lipinski definition) is 2. The van der Waals surface area contributed by atoms with Crippen LogP contribution in [0, 0.1) is 12.8 Å². The number of hydrogen-bond acceptors (Lipinski definition) is 4. The fourth-order valence-corrected chi connectivity index (χ4v) is 2.51. The zero-order valence-corrected chi connectivity index (χ0v) is 13.8. The molecule has 0 unspecified atom stereocenters. The van der Waals surface area contributed by atoms with E-state index in [2.05, 4.69) is 5.32 Å². The largest absolute Gasteiger partial charge is 0.449 e. The third-order valence-electron chi connectivity index (χ3n) is 3.76. The summed E-state index contributed by atoms with van der Waals surface area (Å²) in [5.41, 5.74) is 1.64. The lowest BCUT2D eigenvalue weighted by atomic mass is 10.1. The molecule has 0 aliphatic carbocycles. The van der Waals surface area contributed by atoms with Crippen LogP contribution in [0.3, 0.4) is 0 Å². The fourth-order valence-electron chi connectivity index (χ4n) is 2.51. The number of aliphatic hydroxyl groups is 1. The van der Waals surface area contributed by atoms with Gasteiger partial charge in [-0.3, -0.25) is 9.69 Å². The number of nitrogens with zero attached hydrogens (tertiary/aromatic N) is 1. The van der Waals surface area contributed by atoms with Crippen molar-refractivity contribution in [2.75, 3.05) is 18.5 Å². The third kappa shape index (κ3) is 4.45. The number of para-hydroxylation sites is 1. The second-order valence-corrected chi connectivity index (χ2v) is 6.33. The highest BCUT2D eigenvalue weighted by molar-refractivity contribution is 5.97. The quantitative estimate of drug-likeness (QED) is 0.891. The molecule has 6 heteroatoms. The highest BCUT2D eigenvalue weighted by Crippen LogP contribution is 2.22. The van der Waals surface area contributed by atoms with Gasteiger partial charge in [0.05, 0.1) is 19.3 Å². The van der Waals surface area contributed by atoms with E-state index in [9.17, 15) is 14.7 Å². The highest BCUT2D eigenvalue weighted by Gasteiger charge is 2.40. The first-order chi connectivity index (χ1) is 10.9. The van der Waals surface area contributed by atoms with E-state index >= 15 is 0 Å². The Balaban J connectivity index is 2.05. The molecule has 0 saturated carbocycles. The van der Waals surface area contributed by atoms with Gasteiger partial charge >= 0.3 is 6.09 Å². The Hall–Kier alpha value is -2.08. The highest BCUT2D eigenvalue weighted by atomic mass is 16.6. The predicted octanol–water partition coefficient (Wildman–Crippen LogP) is 2.16. The summed E-state index contributed by atoms with van der Waals surface area (Å²) in [4.78, 5) is 25.9. The Morgan fingerprint density at radius 3 is 2.74 bits per heavy atom. The first-order valence-corrected chi connectivity index (χ1v) is 7.86. The van der Waals surface area contributed by atoms with Gasteiger partial charge in [0.15, 0.2) is 0 Å². The molecule has 0 aromatic heterocycles. The smallest absolute Gasteiger partial charge is 0.410 e. The number of β-amino-alcohol motifs (C(OH)–C–C–N with tert-alkyl or cyclic N) is 1. The molecule has 1 fully saturated rings. The summed E-state index contributed by atoms with van der Waals surface area (Å²) >= 11 is 0. The topological polar surface area (TPSA) is 78.9 Å². The second-order valence-electron chi connectivity index (χ2n) is 6.33. The molecule has 0 radical (unpaired) electrons. The van der Waals surface area contributed by atoms with E-state index in [1.165, 1.54) is 4.90 Å². The second kappa shape index (κ2) is 7.46. The molecule has 1 heterocycles. The van der Waals surface area contributed by atoms with Crippen LogP contribution in [0.4, 0.5) is 10.5 Å². The van der Waals surface area contributed by atoms with Crippen LogP contribution in [0.15, 0.2) is 24.3 Å². The summed E-state index contributed by atoms with van der Waals surface area (Å²) in [6.07, 6.45) is -1.05. The number of likely N-dealkylation sites (tertiary alicyclic amines) is 1. The molecule has 2 atom stereocenters. The van der Waals surface area contributed by atoms with Crippen molar-refractivity contribution < 1.29 is 19.4 Å². The number of ether oxygens (including phenoxy) is 1. The number of nitrogens with one attached hydrogen (secondary N) is 1. The molecule has 0 spiro atoms. The van der Waals surface area contributed by atoms with Gasteiger partial charge in [-0.1, -0.05) is 32.0 Å². The molecule has 2 amide bonds. The molecule has 1 aliphatic rings. The van der Waals surface area contributed by atoms with E-state index in [0.29, 0.717) is 5.69 Å².